The molecule has 2 aliphatic rings. The third kappa shape index (κ3) is 5.42. The summed E-state index contributed by atoms with van der Waals surface area (Å²) in [6, 6.07) is 14.2. The summed E-state index contributed by atoms with van der Waals surface area (Å²) in [4.78, 5) is 12.7. The van der Waals surface area contributed by atoms with Crippen LogP contribution >= 0.6 is 24.6 Å². The maximum Gasteiger partial charge on any atom is 0.248 e. The number of ketones is 1. The second kappa shape index (κ2) is 10.3. The first-order valence-corrected chi connectivity index (χ1v) is 12.4. The largest absolute Gasteiger partial charge is 0.389 e. The van der Waals surface area contributed by atoms with Gasteiger partial charge < -0.3 is 15.6 Å². The molecule has 0 unspecified atom stereocenters. The van der Waals surface area contributed by atoms with Gasteiger partial charge in [0.2, 0.25) is 5.92 Å². The Kier molecular flexibility index (Phi) is 7.60. The lowest BCUT2D eigenvalue weighted by atomic mass is 9.92. The van der Waals surface area contributed by atoms with Crippen LogP contribution in [0.25, 0.3) is 22.0 Å². The standard InChI is InChI=1S/C27H29F2N3OS.ClH/c28-27(29)10-8-21(9-11-27)32-16-23(18-2-1-3-19(13-18)26(30)34)22-6-4-17(12-24(22)32)5-7-25(33)20-14-31-15-20;/h1-4,6,12-13,16,20-21,31H,5,7-11,14-15H2,(H2,30,34);1H. The topological polar surface area (TPSA) is 60.0 Å². The number of fused-ring (bicyclic) bond motifs is 1. The molecule has 2 fully saturated rings. The zero-order chi connectivity index (χ0) is 23.9. The molecule has 0 amide bonds. The third-order valence-corrected chi connectivity index (χ3v) is 7.57. The molecule has 1 saturated carbocycles. The van der Waals surface area contributed by atoms with Crippen LogP contribution < -0.4 is 11.1 Å². The molecule has 186 valence electrons. The van der Waals surface area contributed by atoms with E-state index in [0.29, 0.717) is 36.5 Å². The number of aromatic nitrogens is 1. The van der Waals surface area contributed by atoms with Crippen molar-refractivity contribution in [1.29, 1.82) is 0 Å². The molecule has 2 aromatic carbocycles. The summed E-state index contributed by atoms with van der Waals surface area (Å²) >= 11 is 5.16. The summed E-state index contributed by atoms with van der Waals surface area (Å²) in [6.45, 7) is 1.56. The number of hydrogen-bond acceptors (Lipinski definition) is 3. The number of hydrogen-bond donors (Lipinski definition) is 2. The van der Waals surface area contributed by atoms with Crippen molar-refractivity contribution < 1.29 is 13.6 Å². The summed E-state index contributed by atoms with van der Waals surface area (Å²) in [5, 5.41) is 4.22. The van der Waals surface area contributed by atoms with Crippen LogP contribution in [-0.4, -0.2) is 34.4 Å². The molecule has 0 spiro atoms. The number of halogens is 3. The molecule has 0 bridgehead atoms. The molecule has 8 heteroatoms. The fourth-order valence-electron chi connectivity index (χ4n) is 5.12. The highest BCUT2D eigenvalue weighted by Crippen LogP contribution is 2.42. The van der Waals surface area contributed by atoms with Crippen LogP contribution in [0, 0.1) is 5.92 Å². The zero-order valence-electron chi connectivity index (χ0n) is 19.4. The van der Waals surface area contributed by atoms with Gasteiger partial charge in [0.05, 0.1) is 0 Å². The first-order valence-electron chi connectivity index (χ1n) is 12.0. The quantitative estimate of drug-likeness (QED) is 0.387. The lowest BCUT2D eigenvalue weighted by Gasteiger charge is -2.30. The average Bonchev–Trinajstić information content (AvgIpc) is 3.15. The van der Waals surface area contributed by atoms with Crippen LogP contribution in [0.15, 0.2) is 48.7 Å². The van der Waals surface area contributed by atoms with Gasteiger partial charge in [-0.3, -0.25) is 4.79 Å². The predicted molar refractivity (Wildman–Crippen MR) is 143 cm³/mol. The Labute approximate surface area is 215 Å². The molecule has 2 heterocycles. The van der Waals surface area contributed by atoms with Crippen molar-refractivity contribution >= 4 is 46.3 Å². The Morgan fingerprint density at radius 1 is 1.14 bits per heavy atom. The van der Waals surface area contributed by atoms with E-state index in [1.54, 1.807) is 0 Å². The Bertz CT molecular complexity index is 1240. The molecule has 4 nitrogen and oxygen atoms in total. The minimum absolute atomic E-state index is 0. The number of nitrogens with one attached hydrogen (secondary N) is 1. The van der Waals surface area contributed by atoms with Gasteiger partial charge in [-0.25, -0.2) is 8.78 Å². The van der Waals surface area contributed by atoms with Crippen LogP contribution in [0.5, 0.6) is 0 Å². The third-order valence-electron chi connectivity index (χ3n) is 7.33. The van der Waals surface area contributed by atoms with Crippen LogP contribution in [0.1, 0.15) is 49.3 Å². The van der Waals surface area contributed by atoms with Crippen molar-refractivity contribution in [3.8, 4) is 11.1 Å². The number of rotatable bonds is 7. The van der Waals surface area contributed by atoms with E-state index in [1.165, 1.54) is 0 Å². The molecule has 1 saturated heterocycles. The summed E-state index contributed by atoms with van der Waals surface area (Å²) < 4.78 is 29.9. The van der Waals surface area contributed by atoms with Gasteiger partial charge in [0.25, 0.3) is 0 Å². The number of benzene rings is 2. The van der Waals surface area contributed by atoms with E-state index in [-0.39, 0.29) is 37.2 Å². The number of carbonyl (C=O) groups excluding carboxylic acids is 1. The first-order chi connectivity index (χ1) is 16.3. The van der Waals surface area contributed by atoms with E-state index >= 15 is 0 Å². The van der Waals surface area contributed by atoms with Gasteiger partial charge >= 0.3 is 0 Å². The zero-order valence-corrected chi connectivity index (χ0v) is 21.1. The van der Waals surface area contributed by atoms with Crippen molar-refractivity contribution in [2.75, 3.05) is 13.1 Å². The van der Waals surface area contributed by atoms with E-state index in [1.807, 2.05) is 24.3 Å². The monoisotopic (exact) mass is 517 g/mol. The molecule has 3 aromatic rings. The van der Waals surface area contributed by atoms with Crippen molar-refractivity contribution in [2.45, 2.75) is 50.5 Å². The summed E-state index contributed by atoms with van der Waals surface area (Å²) in [6.07, 6.45) is 4.01. The highest BCUT2D eigenvalue weighted by molar-refractivity contribution is 7.80. The summed E-state index contributed by atoms with van der Waals surface area (Å²) in [7, 11) is 0. The average molecular weight is 518 g/mol. The minimum atomic E-state index is -2.57. The van der Waals surface area contributed by atoms with Crippen LogP contribution in [-0.2, 0) is 11.2 Å². The van der Waals surface area contributed by atoms with E-state index in [4.69, 9.17) is 18.0 Å². The maximum absolute atomic E-state index is 13.9. The summed E-state index contributed by atoms with van der Waals surface area (Å²) in [5.41, 5.74) is 10.8. The van der Waals surface area contributed by atoms with E-state index in [9.17, 15) is 13.6 Å². The Hall–Kier alpha value is -2.35. The van der Waals surface area contributed by atoms with Crippen molar-refractivity contribution in [2.24, 2.45) is 11.7 Å². The van der Waals surface area contributed by atoms with Crippen LogP contribution in [0.3, 0.4) is 0 Å². The summed E-state index contributed by atoms with van der Waals surface area (Å²) in [5.74, 6) is -2.13. The van der Waals surface area contributed by atoms with E-state index in [2.05, 4.69) is 34.3 Å². The number of nitrogens with two attached hydrogens (primary N) is 1. The number of aryl methyl sites for hydroxylation is 1. The fourth-order valence-corrected chi connectivity index (χ4v) is 5.24. The van der Waals surface area contributed by atoms with Gasteiger partial charge in [0.1, 0.15) is 10.8 Å². The molecule has 0 atom stereocenters. The first kappa shape index (κ1) is 25.7. The second-order valence-electron chi connectivity index (χ2n) is 9.66. The van der Waals surface area contributed by atoms with Crippen LogP contribution in [0.2, 0.25) is 0 Å². The smallest absolute Gasteiger partial charge is 0.248 e. The van der Waals surface area contributed by atoms with Crippen LogP contribution in [0.4, 0.5) is 8.78 Å². The van der Waals surface area contributed by atoms with E-state index < -0.39 is 5.92 Å². The second-order valence-corrected chi connectivity index (χ2v) is 10.1. The van der Waals surface area contributed by atoms with Crippen molar-refractivity contribution in [3.63, 3.8) is 0 Å². The Balaban J connectivity index is 0.00000289. The van der Waals surface area contributed by atoms with Gasteiger partial charge in [0, 0.05) is 72.5 Å². The number of alkyl halides is 2. The minimum Gasteiger partial charge on any atom is -0.389 e. The Morgan fingerprint density at radius 2 is 1.89 bits per heavy atom. The molecule has 3 N–H and O–H groups in total. The molecule has 1 aromatic heterocycles. The Morgan fingerprint density at radius 3 is 2.54 bits per heavy atom. The highest BCUT2D eigenvalue weighted by atomic mass is 35.5. The number of nitrogens with zero attached hydrogens (tertiary/aromatic N) is 1. The SMILES string of the molecule is Cl.NC(=S)c1cccc(-c2cn(C3CCC(F)(F)CC3)c3cc(CCC(=O)C4CNC4)ccc23)c1. The molecular weight excluding hydrogens is 488 g/mol. The normalized spacial score (nSPS) is 18.1. The van der Waals surface area contributed by atoms with Gasteiger partial charge in [-0.05, 0) is 42.5 Å². The van der Waals surface area contributed by atoms with Gasteiger partial charge in [-0.15, -0.1) is 12.4 Å². The lowest BCUT2D eigenvalue weighted by molar-refractivity contribution is -0.124. The molecule has 0 radical (unpaired) electrons. The van der Waals surface area contributed by atoms with Gasteiger partial charge in [0.15, 0.2) is 0 Å². The molecule has 35 heavy (non-hydrogen) atoms. The predicted octanol–water partition coefficient (Wildman–Crippen LogP) is 5.84. The molecule has 1 aliphatic heterocycles. The molecular formula is C27H30ClF2N3OS. The number of carbonyl (C=O) groups is 1. The highest BCUT2D eigenvalue weighted by Gasteiger charge is 2.36. The maximum atomic E-state index is 13.9. The number of Topliss-reactive ketones (excluding diaryl/α,β-unsaturated/α-hetero) is 1. The fraction of sp³-hybridized carbons (Fsp3) is 0.407. The lowest BCUT2D eigenvalue weighted by Crippen LogP contribution is -2.46. The van der Waals surface area contributed by atoms with Gasteiger partial charge in [-0.2, -0.15) is 0 Å². The molecule has 5 rings (SSSR count). The van der Waals surface area contributed by atoms with Crippen molar-refractivity contribution in [3.05, 3.63) is 59.8 Å². The molecule has 1 aliphatic carbocycles. The van der Waals surface area contributed by atoms with E-state index in [0.717, 1.165) is 46.2 Å². The van der Waals surface area contributed by atoms with Crippen molar-refractivity contribution in [1.82, 2.24) is 9.88 Å². The number of thiocarbonyl (C=S) groups is 1. The van der Waals surface area contributed by atoms with Gasteiger partial charge in [-0.1, -0.05) is 42.5 Å².